The molecule has 0 saturated carbocycles. The van der Waals surface area contributed by atoms with E-state index in [1.54, 1.807) is 12.0 Å². The highest BCUT2D eigenvalue weighted by Gasteiger charge is 2.54. The number of nitrogens with zero attached hydrogens (tertiary/aromatic N) is 1. The molecule has 1 amide bonds. The van der Waals surface area contributed by atoms with Crippen LogP contribution in [-0.2, 0) is 14.3 Å². The molecule has 7 heteroatoms. The van der Waals surface area contributed by atoms with Gasteiger partial charge in [-0.2, -0.15) is 0 Å². The van der Waals surface area contributed by atoms with Crippen molar-refractivity contribution in [3.8, 4) is 11.5 Å². The first-order chi connectivity index (χ1) is 12.5. The van der Waals surface area contributed by atoms with Gasteiger partial charge in [-0.05, 0) is 37.1 Å². The topological polar surface area (TPSA) is 85.3 Å². The Morgan fingerprint density at radius 2 is 2.04 bits per heavy atom. The SMILES string of the molecule is COc1ccc(OCCCC(=O)N2C[C@H]3COCC[C@@]3(C(=O)O)C2)cc1. The number of carbonyl (C=O) groups excluding carboxylic acids is 1. The van der Waals surface area contributed by atoms with Gasteiger partial charge in [-0.15, -0.1) is 0 Å². The zero-order valence-corrected chi connectivity index (χ0v) is 15.0. The molecule has 0 aromatic heterocycles. The van der Waals surface area contributed by atoms with Crippen molar-refractivity contribution in [2.45, 2.75) is 19.3 Å². The molecule has 1 N–H and O–H groups in total. The van der Waals surface area contributed by atoms with Crippen molar-refractivity contribution in [2.75, 3.05) is 40.0 Å². The fraction of sp³-hybridized carbons (Fsp3) is 0.579. The maximum atomic E-state index is 12.5. The quantitative estimate of drug-likeness (QED) is 0.744. The molecule has 0 radical (unpaired) electrons. The van der Waals surface area contributed by atoms with E-state index in [4.69, 9.17) is 14.2 Å². The highest BCUT2D eigenvalue weighted by atomic mass is 16.5. The molecule has 0 unspecified atom stereocenters. The van der Waals surface area contributed by atoms with Crippen LogP contribution < -0.4 is 9.47 Å². The number of ether oxygens (including phenoxy) is 3. The number of likely N-dealkylation sites (tertiary alicyclic amines) is 1. The first-order valence-corrected chi connectivity index (χ1v) is 8.91. The van der Waals surface area contributed by atoms with Gasteiger partial charge >= 0.3 is 5.97 Å². The van der Waals surface area contributed by atoms with Gasteiger partial charge in [0.25, 0.3) is 0 Å². The van der Waals surface area contributed by atoms with E-state index in [-0.39, 0.29) is 18.4 Å². The monoisotopic (exact) mass is 363 g/mol. The van der Waals surface area contributed by atoms with Crippen LogP contribution in [-0.4, -0.2) is 61.9 Å². The Balaban J connectivity index is 1.45. The number of rotatable bonds is 7. The third-order valence-corrected chi connectivity index (χ3v) is 5.35. The number of carboxylic acid groups (broad SMARTS) is 1. The number of carboxylic acids is 1. The first kappa shape index (κ1) is 18.5. The second-order valence-electron chi connectivity index (χ2n) is 6.88. The van der Waals surface area contributed by atoms with Gasteiger partial charge in [-0.25, -0.2) is 0 Å². The fourth-order valence-corrected chi connectivity index (χ4v) is 3.73. The number of hydrogen-bond donors (Lipinski definition) is 1. The smallest absolute Gasteiger partial charge is 0.311 e. The number of aliphatic carboxylic acids is 1. The van der Waals surface area contributed by atoms with Crippen molar-refractivity contribution in [3.05, 3.63) is 24.3 Å². The van der Waals surface area contributed by atoms with Crippen LogP contribution in [0, 0.1) is 11.3 Å². The van der Waals surface area contributed by atoms with Crippen molar-refractivity contribution >= 4 is 11.9 Å². The lowest BCUT2D eigenvalue weighted by atomic mass is 9.74. The van der Waals surface area contributed by atoms with Crippen LogP contribution >= 0.6 is 0 Å². The molecule has 0 bridgehead atoms. The highest BCUT2D eigenvalue weighted by molar-refractivity contribution is 5.81. The van der Waals surface area contributed by atoms with E-state index in [0.717, 1.165) is 11.5 Å². The standard InChI is InChI=1S/C19H25NO6/c1-24-15-4-6-16(7-5-15)26-9-2-3-17(21)20-11-14-12-25-10-8-19(14,13-20)18(22)23/h4-7,14H,2-3,8-13H2,1H3,(H,22,23)/t14-,19+/m0/s1. The second-order valence-corrected chi connectivity index (χ2v) is 6.88. The minimum atomic E-state index is -0.840. The number of fused-ring (bicyclic) bond motifs is 1. The molecule has 2 atom stereocenters. The molecule has 2 aliphatic heterocycles. The molecule has 0 spiro atoms. The Bertz CT molecular complexity index is 646. The molecular formula is C19H25NO6. The van der Waals surface area contributed by atoms with E-state index < -0.39 is 11.4 Å². The zero-order chi connectivity index (χ0) is 18.6. The molecule has 2 fully saturated rings. The lowest BCUT2D eigenvalue weighted by molar-refractivity contribution is -0.157. The average molecular weight is 363 g/mol. The normalized spacial score (nSPS) is 24.8. The molecule has 26 heavy (non-hydrogen) atoms. The van der Waals surface area contributed by atoms with E-state index in [9.17, 15) is 14.7 Å². The van der Waals surface area contributed by atoms with Gasteiger partial charge < -0.3 is 24.2 Å². The summed E-state index contributed by atoms with van der Waals surface area (Å²) in [7, 11) is 1.61. The summed E-state index contributed by atoms with van der Waals surface area (Å²) in [5.41, 5.74) is -0.840. The van der Waals surface area contributed by atoms with Gasteiger partial charge in [0.15, 0.2) is 0 Å². The summed E-state index contributed by atoms with van der Waals surface area (Å²) in [6.07, 6.45) is 1.40. The summed E-state index contributed by atoms with van der Waals surface area (Å²) in [6, 6.07) is 7.28. The summed E-state index contributed by atoms with van der Waals surface area (Å²) in [6.45, 7) is 2.04. The van der Waals surface area contributed by atoms with Crippen molar-refractivity contribution in [2.24, 2.45) is 11.3 Å². The molecule has 1 aromatic rings. The second kappa shape index (κ2) is 7.95. The molecule has 2 aliphatic rings. The first-order valence-electron chi connectivity index (χ1n) is 8.91. The number of carbonyl (C=O) groups is 2. The number of benzene rings is 1. The molecule has 7 nitrogen and oxygen atoms in total. The maximum absolute atomic E-state index is 12.5. The predicted octanol–water partition coefficient (Wildman–Crippen LogP) is 1.80. The molecule has 1 aromatic carbocycles. The van der Waals surface area contributed by atoms with E-state index >= 15 is 0 Å². The fourth-order valence-electron chi connectivity index (χ4n) is 3.73. The minimum Gasteiger partial charge on any atom is -0.497 e. The van der Waals surface area contributed by atoms with Crippen molar-refractivity contribution < 1.29 is 28.9 Å². The van der Waals surface area contributed by atoms with Gasteiger partial charge in [0, 0.05) is 32.0 Å². The Morgan fingerprint density at radius 1 is 1.31 bits per heavy atom. The lowest BCUT2D eigenvalue weighted by Crippen LogP contribution is -2.45. The van der Waals surface area contributed by atoms with Gasteiger partial charge in [-0.3, -0.25) is 9.59 Å². The Hall–Kier alpha value is -2.28. The van der Waals surface area contributed by atoms with Gasteiger partial charge in [-0.1, -0.05) is 0 Å². The lowest BCUT2D eigenvalue weighted by Gasteiger charge is -2.33. The predicted molar refractivity (Wildman–Crippen MR) is 93.3 cm³/mol. The Kier molecular flexibility index (Phi) is 5.66. The highest BCUT2D eigenvalue weighted by Crippen LogP contribution is 2.42. The van der Waals surface area contributed by atoms with Crippen molar-refractivity contribution in [3.63, 3.8) is 0 Å². The van der Waals surface area contributed by atoms with Crippen molar-refractivity contribution in [1.82, 2.24) is 4.90 Å². The molecule has 142 valence electrons. The van der Waals surface area contributed by atoms with Crippen LogP contribution in [0.3, 0.4) is 0 Å². The van der Waals surface area contributed by atoms with Gasteiger partial charge in [0.1, 0.15) is 11.5 Å². The zero-order valence-electron chi connectivity index (χ0n) is 15.0. The third kappa shape index (κ3) is 3.77. The van der Waals surface area contributed by atoms with Crippen LogP contribution in [0.25, 0.3) is 0 Å². The summed E-state index contributed by atoms with van der Waals surface area (Å²) in [5.74, 6) is 0.544. The van der Waals surface area contributed by atoms with E-state index in [1.807, 2.05) is 24.3 Å². The van der Waals surface area contributed by atoms with Crippen LogP contribution in [0.5, 0.6) is 11.5 Å². The van der Waals surface area contributed by atoms with E-state index in [2.05, 4.69) is 0 Å². The van der Waals surface area contributed by atoms with E-state index in [1.165, 1.54) is 0 Å². The number of amides is 1. The van der Waals surface area contributed by atoms with Crippen molar-refractivity contribution in [1.29, 1.82) is 0 Å². The molecule has 0 aliphatic carbocycles. The summed E-state index contributed by atoms with van der Waals surface area (Å²) < 4.78 is 16.1. The molecule has 3 rings (SSSR count). The Labute approximate surface area is 152 Å². The Morgan fingerprint density at radius 3 is 2.69 bits per heavy atom. The molecule has 2 saturated heterocycles. The maximum Gasteiger partial charge on any atom is 0.311 e. The number of hydrogen-bond acceptors (Lipinski definition) is 5. The summed E-state index contributed by atoms with van der Waals surface area (Å²) in [4.78, 5) is 25.9. The molecular weight excluding hydrogens is 338 g/mol. The largest absolute Gasteiger partial charge is 0.497 e. The minimum absolute atomic E-state index is 0.0154. The van der Waals surface area contributed by atoms with Gasteiger partial charge in [0.2, 0.25) is 5.91 Å². The third-order valence-electron chi connectivity index (χ3n) is 5.35. The van der Waals surface area contributed by atoms with E-state index in [0.29, 0.717) is 45.6 Å². The number of methoxy groups -OCH3 is 1. The van der Waals surface area contributed by atoms with Crippen LogP contribution in [0.2, 0.25) is 0 Å². The summed E-state index contributed by atoms with van der Waals surface area (Å²) in [5, 5.41) is 9.65. The van der Waals surface area contributed by atoms with Gasteiger partial charge in [0.05, 0.1) is 25.7 Å². The summed E-state index contributed by atoms with van der Waals surface area (Å²) >= 11 is 0. The van der Waals surface area contributed by atoms with Crippen LogP contribution in [0.4, 0.5) is 0 Å². The van der Waals surface area contributed by atoms with Crippen LogP contribution in [0.1, 0.15) is 19.3 Å². The molecule has 2 heterocycles. The van der Waals surface area contributed by atoms with Crippen LogP contribution in [0.15, 0.2) is 24.3 Å². The average Bonchev–Trinajstić information content (AvgIpc) is 3.07.